The molecule has 0 atom stereocenters. The molecule has 0 saturated carbocycles. The topological polar surface area (TPSA) is 37.8 Å². The van der Waals surface area contributed by atoms with Gasteiger partial charge in [0.2, 0.25) is 0 Å². The van der Waals surface area contributed by atoms with Gasteiger partial charge in [0, 0.05) is 17.6 Å². The van der Waals surface area contributed by atoms with Gasteiger partial charge in [-0.3, -0.25) is 0 Å². The smallest absolute Gasteiger partial charge is 0.163 e. The first-order valence-corrected chi connectivity index (χ1v) is 7.03. The minimum Gasteiger partial charge on any atom is -0.372 e. The number of nitrogens with zero attached hydrogens (tertiary/aromatic N) is 2. The summed E-state index contributed by atoms with van der Waals surface area (Å²) in [6, 6.07) is 5.26. The monoisotopic (exact) mass is 393 g/mol. The van der Waals surface area contributed by atoms with Crippen LogP contribution in [0.5, 0.6) is 0 Å². The van der Waals surface area contributed by atoms with Crippen LogP contribution < -0.4 is 5.32 Å². The molecule has 2 aromatic rings. The number of hydrogen-bond acceptors (Lipinski definition) is 3. The maximum Gasteiger partial charge on any atom is 0.163 e. The van der Waals surface area contributed by atoms with Gasteiger partial charge in [-0.1, -0.05) is 23.2 Å². The van der Waals surface area contributed by atoms with Crippen molar-refractivity contribution in [2.24, 2.45) is 0 Å². The predicted octanol–water partition coefficient (Wildman–Crippen LogP) is 4.41. The molecule has 6 heteroatoms. The molecule has 3 nitrogen and oxygen atoms in total. The van der Waals surface area contributed by atoms with Crippen LogP contribution in [-0.2, 0) is 0 Å². The average molecular weight is 394 g/mol. The van der Waals surface area contributed by atoms with Crippen LogP contribution >= 0.6 is 45.8 Å². The van der Waals surface area contributed by atoms with Gasteiger partial charge in [-0.05, 0) is 47.7 Å². The van der Waals surface area contributed by atoms with Gasteiger partial charge < -0.3 is 5.32 Å². The van der Waals surface area contributed by atoms with Gasteiger partial charge in [0.15, 0.2) is 5.82 Å². The van der Waals surface area contributed by atoms with E-state index in [1.165, 1.54) is 0 Å². The van der Waals surface area contributed by atoms with E-state index in [9.17, 15) is 0 Å². The van der Waals surface area contributed by atoms with E-state index in [-0.39, 0.29) is 0 Å². The number of rotatable bonds is 2. The van der Waals surface area contributed by atoms with Gasteiger partial charge in [-0.2, -0.15) is 0 Å². The highest BCUT2D eigenvalue weighted by molar-refractivity contribution is 14.1. The van der Waals surface area contributed by atoms with Crippen LogP contribution in [0, 0.1) is 10.5 Å². The van der Waals surface area contributed by atoms with Crippen molar-refractivity contribution < 1.29 is 0 Å². The van der Waals surface area contributed by atoms with E-state index in [0.717, 1.165) is 20.6 Å². The van der Waals surface area contributed by atoms with Gasteiger partial charge in [-0.25, -0.2) is 9.97 Å². The molecule has 1 aromatic heterocycles. The van der Waals surface area contributed by atoms with Gasteiger partial charge >= 0.3 is 0 Å². The Morgan fingerprint density at radius 2 is 1.94 bits per heavy atom. The number of benzene rings is 1. The normalized spacial score (nSPS) is 10.5. The highest BCUT2D eigenvalue weighted by Gasteiger charge is 2.12. The lowest BCUT2D eigenvalue weighted by atomic mass is 10.2. The zero-order valence-electron chi connectivity index (χ0n) is 9.76. The number of anilines is 1. The highest BCUT2D eigenvalue weighted by Crippen LogP contribution is 2.30. The fraction of sp³-hybridized carbons (Fsp3) is 0.167. The Balaban J connectivity index is 2.64. The predicted molar refractivity (Wildman–Crippen MR) is 84.5 cm³/mol. The third kappa shape index (κ3) is 2.70. The molecule has 94 valence electrons. The van der Waals surface area contributed by atoms with E-state index in [1.807, 2.05) is 14.0 Å². The summed E-state index contributed by atoms with van der Waals surface area (Å²) in [4.78, 5) is 8.90. The third-order valence-electron chi connectivity index (χ3n) is 2.42. The van der Waals surface area contributed by atoms with Crippen molar-refractivity contribution in [2.45, 2.75) is 6.92 Å². The molecule has 0 aliphatic rings. The molecule has 1 aromatic carbocycles. The molecule has 0 unspecified atom stereocenters. The zero-order chi connectivity index (χ0) is 13.3. The highest BCUT2D eigenvalue weighted by atomic mass is 127. The second kappa shape index (κ2) is 5.59. The molecular weight excluding hydrogens is 384 g/mol. The molecule has 0 saturated heterocycles. The maximum atomic E-state index is 6.16. The number of aromatic nitrogens is 2. The summed E-state index contributed by atoms with van der Waals surface area (Å²) in [5.74, 6) is 1.36. The van der Waals surface area contributed by atoms with Crippen molar-refractivity contribution >= 4 is 51.6 Å². The number of halogens is 3. The van der Waals surface area contributed by atoms with E-state index in [4.69, 9.17) is 23.2 Å². The summed E-state index contributed by atoms with van der Waals surface area (Å²) in [6.07, 6.45) is 0. The Kier molecular flexibility index (Phi) is 4.29. The first-order chi connectivity index (χ1) is 8.52. The van der Waals surface area contributed by atoms with Crippen LogP contribution in [0.4, 0.5) is 5.82 Å². The number of nitrogens with one attached hydrogen (secondary N) is 1. The van der Waals surface area contributed by atoms with Crippen LogP contribution in [0.2, 0.25) is 10.0 Å². The van der Waals surface area contributed by atoms with Gasteiger partial charge in [0.05, 0.1) is 14.3 Å². The molecule has 0 radical (unpaired) electrons. The fourth-order valence-electron chi connectivity index (χ4n) is 1.51. The van der Waals surface area contributed by atoms with E-state index >= 15 is 0 Å². The average Bonchev–Trinajstić information content (AvgIpc) is 2.35. The van der Waals surface area contributed by atoms with E-state index in [1.54, 1.807) is 18.2 Å². The van der Waals surface area contributed by atoms with Crippen LogP contribution in [0.1, 0.15) is 5.69 Å². The van der Waals surface area contributed by atoms with Crippen LogP contribution in [0.3, 0.4) is 0 Å². The van der Waals surface area contributed by atoms with Crippen molar-refractivity contribution in [3.8, 4) is 11.4 Å². The lowest BCUT2D eigenvalue weighted by Gasteiger charge is -2.10. The molecule has 0 aliphatic heterocycles. The summed E-state index contributed by atoms with van der Waals surface area (Å²) >= 11 is 14.3. The molecule has 0 bridgehead atoms. The van der Waals surface area contributed by atoms with Gasteiger partial charge in [0.25, 0.3) is 0 Å². The summed E-state index contributed by atoms with van der Waals surface area (Å²) in [5, 5.41) is 4.24. The molecule has 0 aliphatic carbocycles. The van der Waals surface area contributed by atoms with Crippen molar-refractivity contribution in [1.29, 1.82) is 0 Å². The maximum absolute atomic E-state index is 6.16. The molecule has 1 heterocycles. The molecular formula is C12H10Cl2IN3. The van der Waals surface area contributed by atoms with Crippen LogP contribution in [-0.4, -0.2) is 17.0 Å². The van der Waals surface area contributed by atoms with E-state index in [2.05, 4.69) is 37.9 Å². The molecule has 0 fully saturated rings. The number of hydrogen-bond donors (Lipinski definition) is 1. The van der Waals surface area contributed by atoms with Gasteiger partial charge in [-0.15, -0.1) is 0 Å². The lowest BCUT2D eigenvalue weighted by molar-refractivity contribution is 1.09. The quantitative estimate of drug-likeness (QED) is 0.768. The SMILES string of the molecule is CNc1nc(-c2cc(Cl)ccc2Cl)nc(C)c1I. The largest absolute Gasteiger partial charge is 0.372 e. The Morgan fingerprint density at radius 3 is 2.61 bits per heavy atom. The van der Waals surface area contributed by atoms with Crippen molar-refractivity contribution in [3.05, 3.63) is 37.5 Å². The zero-order valence-corrected chi connectivity index (χ0v) is 13.4. The molecule has 2 rings (SSSR count). The lowest BCUT2D eigenvalue weighted by Crippen LogP contribution is -2.03. The first kappa shape index (κ1) is 13.8. The second-order valence-electron chi connectivity index (χ2n) is 3.67. The first-order valence-electron chi connectivity index (χ1n) is 5.20. The van der Waals surface area contributed by atoms with Crippen molar-refractivity contribution in [2.75, 3.05) is 12.4 Å². The summed E-state index contributed by atoms with van der Waals surface area (Å²) < 4.78 is 0.997. The fourth-order valence-corrected chi connectivity index (χ4v) is 2.40. The van der Waals surface area contributed by atoms with Crippen LogP contribution in [0.25, 0.3) is 11.4 Å². The van der Waals surface area contributed by atoms with E-state index < -0.39 is 0 Å². The van der Waals surface area contributed by atoms with Crippen molar-refractivity contribution in [3.63, 3.8) is 0 Å². The molecule has 0 amide bonds. The standard InChI is InChI=1S/C12H10Cl2IN3/c1-6-10(15)12(16-2)18-11(17-6)8-5-7(13)3-4-9(8)14/h3-5H,1-2H3,(H,16,17,18). The minimum absolute atomic E-state index is 0.574. The van der Waals surface area contributed by atoms with E-state index in [0.29, 0.717) is 15.9 Å². The van der Waals surface area contributed by atoms with Gasteiger partial charge in [0.1, 0.15) is 5.82 Å². The summed E-state index contributed by atoms with van der Waals surface area (Å²) in [5.41, 5.74) is 1.64. The number of aryl methyl sites for hydroxylation is 1. The molecule has 18 heavy (non-hydrogen) atoms. The molecule has 0 spiro atoms. The Labute approximate surface area is 129 Å². The summed E-state index contributed by atoms with van der Waals surface area (Å²) in [7, 11) is 1.83. The molecule has 1 N–H and O–H groups in total. The summed E-state index contributed by atoms with van der Waals surface area (Å²) in [6.45, 7) is 1.94. The Hall–Kier alpha value is -0.590. The van der Waals surface area contributed by atoms with Crippen LogP contribution in [0.15, 0.2) is 18.2 Å². The third-order valence-corrected chi connectivity index (χ3v) is 4.28. The Bertz CT molecular complexity index is 602. The van der Waals surface area contributed by atoms with Crippen molar-refractivity contribution in [1.82, 2.24) is 9.97 Å². The Morgan fingerprint density at radius 1 is 1.22 bits per heavy atom. The minimum atomic E-state index is 0.574. The second-order valence-corrected chi connectivity index (χ2v) is 5.59.